The molecule has 1 unspecified atom stereocenters. The minimum Gasteiger partial charge on any atom is -0.504 e. The molecule has 0 spiro atoms. The normalized spacial score (nSPS) is 17.9. The monoisotopic (exact) mass is 383 g/mol. The van der Waals surface area contributed by atoms with Gasteiger partial charge < -0.3 is 19.3 Å². The van der Waals surface area contributed by atoms with Gasteiger partial charge in [-0.1, -0.05) is 19.9 Å². The molecule has 0 aromatic heterocycles. The van der Waals surface area contributed by atoms with Crippen molar-refractivity contribution in [3.05, 3.63) is 34.9 Å². The molecule has 28 heavy (non-hydrogen) atoms. The summed E-state index contributed by atoms with van der Waals surface area (Å²) in [5.74, 6) is 2.69. The third kappa shape index (κ3) is 2.80. The second-order valence-corrected chi connectivity index (χ2v) is 8.07. The summed E-state index contributed by atoms with van der Waals surface area (Å²) >= 11 is 0. The Bertz CT molecular complexity index is 906. The summed E-state index contributed by atoms with van der Waals surface area (Å²) in [6, 6.07) is 6.16. The summed E-state index contributed by atoms with van der Waals surface area (Å²) in [5.41, 5.74) is 5.69. The molecule has 0 radical (unpaired) electrons. The second kappa shape index (κ2) is 7.21. The van der Waals surface area contributed by atoms with Crippen molar-refractivity contribution in [2.24, 2.45) is 5.92 Å². The third-order valence-electron chi connectivity index (χ3n) is 5.93. The Morgan fingerprint density at radius 1 is 1.04 bits per heavy atom. The van der Waals surface area contributed by atoms with Crippen LogP contribution in [0.3, 0.4) is 0 Å². The van der Waals surface area contributed by atoms with Crippen molar-refractivity contribution in [2.75, 3.05) is 34.4 Å². The molecule has 1 aliphatic heterocycles. The van der Waals surface area contributed by atoms with Gasteiger partial charge in [-0.15, -0.1) is 0 Å². The highest BCUT2D eigenvalue weighted by atomic mass is 16.5. The standard InChI is InChI=1S/C23H29NO4/c1-13(2)12-24-9-8-15-11-18(26-3)23(28-5)21-19(15)16(24)10-14-6-7-17(25)22(27-4)20(14)21/h6-7,11,13,16,25H,8-10,12H2,1-5H3. The van der Waals surface area contributed by atoms with E-state index in [4.69, 9.17) is 14.2 Å². The van der Waals surface area contributed by atoms with E-state index in [0.29, 0.717) is 23.5 Å². The van der Waals surface area contributed by atoms with Gasteiger partial charge in [0.25, 0.3) is 0 Å². The van der Waals surface area contributed by atoms with Crippen LogP contribution in [0.15, 0.2) is 18.2 Å². The Balaban J connectivity index is 2.04. The molecular weight excluding hydrogens is 354 g/mol. The van der Waals surface area contributed by atoms with Gasteiger partial charge in [0.05, 0.1) is 21.3 Å². The molecule has 5 heteroatoms. The second-order valence-electron chi connectivity index (χ2n) is 8.07. The lowest BCUT2D eigenvalue weighted by Gasteiger charge is -2.43. The number of hydrogen-bond acceptors (Lipinski definition) is 5. The molecule has 5 nitrogen and oxygen atoms in total. The Kier molecular flexibility index (Phi) is 4.88. The summed E-state index contributed by atoms with van der Waals surface area (Å²) in [5, 5.41) is 10.5. The number of benzene rings is 2. The number of rotatable bonds is 5. The van der Waals surface area contributed by atoms with Gasteiger partial charge in [-0.2, -0.15) is 0 Å². The Hall–Kier alpha value is -2.40. The smallest absolute Gasteiger partial charge is 0.169 e. The average Bonchev–Trinajstić information content (AvgIpc) is 2.69. The van der Waals surface area contributed by atoms with Crippen LogP contribution in [-0.4, -0.2) is 44.4 Å². The summed E-state index contributed by atoms with van der Waals surface area (Å²) in [4.78, 5) is 2.59. The first-order valence-corrected chi connectivity index (χ1v) is 9.91. The number of phenols is 1. The number of hydrogen-bond donors (Lipinski definition) is 1. The molecule has 150 valence electrons. The van der Waals surface area contributed by atoms with Gasteiger partial charge in [0.1, 0.15) is 0 Å². The van der Waals surface area contributed by atoms with Gasteiger partial charge in [0.15, 0.2) is 23.0 Å². The molecule has 0 fully saturated rings. The van der Waals surface area contributed by atoms with Crippen LogP contribution in [0, 0.1) is 5.92 Å². The maximum atomic E-state index is 10.5. The largest absolute Gasteiger partial charge is 0.504 e. The summed E-state index contributed by atoms with van der Waals surface area (Å²) < 4.78 is 17.1. The SMILES string of the molecule is COc1cc2c3c(c1OC)-c1c(ccc(O)c1OC)CC3N(CC(C)C)CC2. The number of methoxy groups -OCH3 is 3. The highest BCUT2D eigenvalue weighted by Gasteiger charge is 2.39. The predicted molar refractivity (Wildman–Crippen MR) is 110 cm³/mol. The molecule has 2 aromatic carbocycles. The fourth-order valence-electron chi connectivity index (χ4n) is 4.89. The predicted octanol–water partition coefficient (Wildman–Crippen LogP) is 4.20. The van der Waals surface area contributed by atoms with Crippen molar-refractivity contribution >= 4 is 0 Å². The number of nitrogens with zero attached hydrogens (tertiary/aromatic N) is 1. The van der Waals surface area contributed by atoms with Gasteiger partial charge in [-0.25, -0.2) is 0 Å². The van der Waals surface area contributed by atoms with Crippen LogP contribution in [0.1, 0.15) is 36.6 Å². The molecule has 4 rings (SSSR count). The lowest BCUT2D eigenvalue weighted by molar-refractivity contribution is 0.162. The average molecular weight is 383 g/mol. The molecule has 2 aromatic rings. The van der Waals surface area contributed by atoms with Crippen LogP contribution in [0.25, 0.3) is 11.1 Å². The van der Waals surface area contributed by atoms with Gasteiger partial charge in [-0.3, -0.25) is 4.90 Å². The summed E-state index contributed by atoms with van der Waals surface area (Å²) in [7, 11) is 4.95. The van der Waals surface area contributed by atoms with Gasteiger partial charge in [0.2, 0.25) is 0 Å². The van der Waals surface area contributed by atoms with Crippen molar-refractivity contribution in [3.63, 3.8) is 0 Å². The van der Waals surface area contributed by atoms with E-state index in [1.165, 1.54) is 16.7 Å². The number of fused-ring (bicyclic) bond motifs is 2. The van der Waals surface area contributed by atoms with Crippen molar-refractivity contribution in [3.8, 4) is 34.1 Å². The zero-order valence-electron chi connectivity index (χ0n) is 17.3. The van der Waals surface area contributed by atoms with Crippen molar-refractivity contribution in [1.82, 2.24) is 4.90 Å². The van der Waals surface area contributed by atoms with E-state index < -0.39 is 0 Å². The van der Waals surface area contributed by atoms with Crippen LogP contribution in [0.4, 0.5) is 0 Å². The Morgan fingerprint density at radius 3 is 2.43 bits per heavy atom. The van der Waals surface area contributed by atoms with E-state index in [9.17, 15) is 5.11 Å². The Morgan fingerprint density at radius 2 is 1.79 bits per heavy atom. The van der Waals surface area contributed by atoms with E-state index in [1.54, 1.807) is 27.4 Å². The molecule has 0 amide bonds. The van der Waals surface area contributed by atoms with Crippen molar-refractivity contribution in [2.45, 2.75) is 32.7 Å². The zero-order chi connectivity index (χ0) is 20.0. The van der Waals surface area contributed by atoms with Crippen LogP contribution in [0.5, 0.6) is 23.0 Å². The fraction of sp³-hybridized carbons (Fsp3) is 0.478. The molecule has 1 N–H and O–H groups in total. The number of ether oxygens (including phenoxy) is 3. The number of phenolic OH excluding ortho intramolecular Hbond substituents is 1. The molecule has 1 aliphatic carbocycles. The molecule has 1 atom stereocenters. The lowest BCUT2D eigenvalue weighted by Crippen LogP contribution is -2.40. The lowest BCUT2D eigenvalue weighted by atomic mass is 9.75. The molecule has 0 saturated carbocycles. The highest BCUT2D eigenvalue weighted by molar-refractivity contribution is 5.88. The van der Waals surface area contributed by atoms with Gasteiger partial charge >= 0.3 is 0 Å². The molecular formula is C23H29NO4. The van der Waals surface area contributed by atoms with Crippen molar-refractivity contribution < 1.29 is 19.3 Å². The van der Waals surface area contributed by atoms with E-state index in [0.717, 1.165) is 42.8 Å². The topological polar surface area (TPSA) is 51.2 Å². The first-order valence-electron chi connectivity index (χ1n) is 9.91. The van der Waals surface area contributed by atoms with E-state index in [2.05, 4.69) is 24.8 Å². The minimum absolute atomic E-state index is 0.146. The van der Waals surface area contributed by atoms with Crippen LogP contribution >= 0.6 is 0 Å². The summed E-state index contributed by atoms with van der Waals surface area (Å²) in [6.45, 7) is 6.63. The molecule has 2 aliphatic rings. The first-order chi connectivity index (χ1) is 13.5. The molecule has 1 heterocycles. The first kappa shape index (κ1) is 18.9. The number of aromatic hydroxyl groups is 1. The Labute approximate surface area is 166 Å². The van der Waals surface area contributed by atoms with Crippen LogP contribution in [-0.2, 0) is 12.8 Å². The van der Waals surface area contributed by atoms with Gasteiger partial charge in [-0.05, 0) is 47.6 Å². The third-order valence-corrected chi connectivity index (χ3v) is 5.93. The fourth-order valence-corrected chi connectivity index (χ4v) is 4.89. The molecule has 0 saturated heterocycles. The van der Waals surface area contributed by atoms with Crippen LogP contribution in [0.2, 0.25) is 0 Å². The van der Waals surface area contributed by atoms with Gasteiger partial charge in [0, 0.05) is 30.3 Å². The van der Waals surface area contributed by atoms with Crippen molar-refractivity contribution in [1.29, 1.82) is 0 Å². The quantitative estimate of drug-likeness (QED) is 0.839. The summed E-state index contributed by atoms with van der Waals surface area (Å²) in [6.07, 6.45) is 1.87. The van der Waals surface area contributed by atoms with E-state index in [-0.39, 0.29) is 5.75 Å². The van der Waals surface area contributed by atoms with Crippen LogP contribution < -0.4 is 14.2 Å². The zero-order valence-corrected chi connectivity index (χ0v) is 17.3. The maximum Gasteiger partial charge on any atom is 0.169 e. The highest BCUT2D eigenvalue weighted by Crippen LogP contribution is 2.56. The van der Waals surface area contributed by atoms with E-state index >= 15 is 0 Å². The minimum atomic E-state index is 0.146. The van der Waals surface area contributed by atoms with E-state index in [1.807, 2.05) is 6.07 Å². The molecule has 0 bridgehead atoms. The maximum absolute atomic E-state index is 10.5.